The van der Waals surface area contributed by atoms with E-state index in [1.165, 1.54) is 0 Å². The van der Waals surface area contributed by atoms with Gasteiger partial charge in [-0.1, -0.05) is 12.1 Å². The van der Waals surface area contributed by atoms with Gasteiger partial charge in [-0.05, 0) is 68.2 Å². The molecule has 3 aromatic rings. The molecule has 6 nitrogen and oxygen atoms in total. The second-order valence-electron chi connectivity index (χ2n) is 8.24. The molecule has 1 aliphatic heterocycles. The summed E-state index contributed by atoms with van der Waals surface area (Å²) in [7, 11) is 4.24. The Morgan fingerprint density at radius 3 is 2.54 bits per heavy atom. The lowest BCUT2D eigenvalue weighted by atomic mass is 10.2. The van der Waals surface area contributed by atoms with Crippen LogP contribution in [-0.4, -0.2) is 59.1 Å². The van der Waals surface area contributed by atoms with Gasteiger partial charge < -0.3 is 15.1 Å². The fraction of sp³-hybridized carbons (Fsp3) is 0.364. The van der Waals surface area contributed by atoms with Gasteiger partial charge in [-0.3, -0.25) is 4.57 Å². The summed E-state index contributed by atoms with van der Waals surface area (Å²) in [5, 5.41) is 3.04. The summed E-state index contributed by atoms with van der Waals surface area (Å²) in [6, 6.07) is 16.0. The number of amides is 2. The molecule has 2 amide bonds. The standard InChI is InChI=1S/C22H25N5O/c1-25(2)11-17-18-12-26(13-19(17)18)22(28)24-15-7-9-16(10-8-15)27-14-23-20-5-3-4-6-21(20)27/h3-10,14,17-19H,11-13H2,1-2H3,(H,24,28)/t17?,18-,19+. The molecule has 0 spiro atoms. The molecule has 0 radical (unpaired) electrons. The number of urea groups is 1. The van der Waals surface area contributed by atoms with Crippen molar-refractivity contribution in [2.75, 3.05) is 39.0 Å². The number of nitrogens with zero attached hydrogens (tertiary/aromatic N) is 4. The first-order valence-corrected chi connectivity index (χ1v) is 9.83. The Labute approximate surface area is 164 Å². The number of aromatic nitrogens is 2. The third-order valence-corrected chi connectivity index (χ3v) is 6.08. The van der Waals surface area contributed by atoms with Crippen LogP contribution in [0.15, 0.2) is 54.9 Å². The normalized spacial score (nSPS) is 23.2. The van der Waals surface area contributed by atoms with Crippen LogP contribution >= 0.6 is 0 Å². The number of fused-ring (bicyclic) bond motifs is 2. The van der Waals surface area contributed by atoms with Crippen LogP contribution in [0.5, 0.6) is 0 Å². The maximum Gasteiger partial charge on any atom is 0.321 e. The minimum Gasteiger partial charge on any atom is -0.324 e. The van der Waals surface area contributed by atoms with Gasteiger partial charge in [-0.15, -0.1) is 0 Å². The van der Waals surface area contributed by atoms with Crippen LogP contribution in [0.4, 0.5) is 10.5 Å². The monoisotopic (exact) mass is 375 g/mol. The lowest BCUT2D eigenvalue weighted by Gasteiger charge is -2.21. The highest BCUT2D eigenvalue weighted by molar-refractivity contribution is 5.90. The summed E-state index contributed by atoms with van der Waals surface area (Å²) in [6.45, 7) is 2.90. The lowest BCUT2D eigenvalue weighted by molar-refractivity contribution is 0.212. The zero-order valence-electron chi connectivity index (χ0n) is 16.2. The Morgan fingerprint density at radius 1 is 1.11 bits per heavy atom. The molecule has 5 rings (SSSR count). The summed E-state index contributed by atoms with van der Waals surface area (Å²) in [5.41, 5.74) is 3.90. The molecule has 0 bridgehead atoms. The third kappa shape index (κ3) is 3.03. The van der Waals surface area contributed by atoms with Gasteiger partial charge in [0.05, 0.1) is 11.0 Å². The quantitative estimate of drug-likeness (QED) is 0.761. The highest BCUT2D eigenvalue weighted by Crippen LogP contribution is 2.51. The number of hydrogen-bond acceptors (Lipinski definition) is 3. The van der Waals surface area contributed by atoms with Gasteiger partial charge >= 0.3 is 6.03 Å². The molecule has 1 aromatic heterocycles. The van der Waals surface area contributed by atoms with Crippen LogP contribution in [0, 0.1) is 17.8 Å². The van der Waals surface area contributed by atoms with E-state index >= 15 is 0 Å². The smallest absolute Gasteiger partial charge is 0.321 e. The van der Waals surface area contributed by atoms with Crippen LogP contribution in [0.3, 0.4) is 0 Å². The lowest BCUT2D eigenvalue weighted by Crippen LogP contribution is -2.36. The van der Waals surface area contributed by atoms with Gasteiger partial charge in [0, 0.05) is 31.0 Å². The average molecular weight is 375 g/mol. The molecule has 2 aromatic carbocycles. The first-order chi connectivity index (χ1) is 13.6. The summed E-state index contributed by atoms with van der Waals surface area (Å²) in [6.07, 6.45) is 1.83. The van der Waals surface area contributed by atoms with E-state index in [2.05, 4.69) is 39.9 Å². The third-order valence-electron chi connectivity index (χ3n) is 6.08. The zero-order valence-corrected chi connectivity index (χ0v) is 16.2. The Kier molecular flexibility index (Phi) is 4.09. The van der Waals surface area contributed by atoms with Crippen molar-refractivity contribution in [2.45, 2.75) is 0 Å². The molecule has 1 N–H and O–H groups in total. The van der Waals surface area contributed by atoms with Crippen molar-refractivity contribution in [3.05, 3.63) is 54.9 Å². The van der Waals surface area contributed by atoms with E-state index in [0.29, 0.717) is 11.8 Å². The van der Waals surface area contributed by atoms with E-state index in [9.17, 15) is 4.79 Å². The Hall–Kier alpha value is -2.86. The van der Waals surface area contributed by atoms with E-state index in [1.807, 2.05) is 53.7 Å². The van der Waals surface area contributed by atoms with Gasteiger partial charge in [-0.25, -0.2) is 9.78 Å². The van der Waals surface area contributed by atoms with Crippen molar-refractivity contribution in [1.82, 2.24) is 19.4 Å². The second-order valence-corrected chi connectivity index (χ2v) is 8.24. The number of anilines is 1. The van der Waals surface area contributed by atoms with E-state index in [-0.39, 0.29) is 6.03 Å². The van der Waals surface area contributed by atoms with Crippen LogP contribution in [0.25, 0.3) is 16.7 Å². The fourth-order valence-electron chi connectivity index (χ4n) is 4.58. The summed E-state index contributed by atoms with van der Waals surface area (Å²) >= 11 is 0. The van der Waals surface area contributed by atoms with Gasteiger partial charge in [0.25, 0.3) is 0 Å². The molecule has 2 heterocycles. The van der Waals surface area contributed by atoms with Gasteiger partial charge in [0.15, 0.2) is 0 Å². The molecule has 6 heteroatoms. The van der Waals surface area contributed by atoms with Crippen molar-refractivity contribution < 1.29 is 4.79 Å². The number of rotatable bonds is 4. The number of imidazole rings is 1. The SMILES string of the molecule is CN(C)CC1[C@H]2CN(C(=O)Nc3ccc(-n4cnc5ccccc54)cc3)C[C@@H]12. The van der Waals surface area contributed by atoms with Crippen molar-refractivity contribution >= 4 is 22.8 Å². The summed E-state index contributed by atoms with van der Waals surface area (Å²) < 4.78 is 2.06. The minimum atomic E-state index is 0.0108. The molecule has 144 valence electrons. The topological polar surface area (TPSA) is 53.4 Å². The Balaban J connectivity index is 1.22. The van der Waals surface area contributed by atoms with Crippen molar-refractivity contribution in [3.63, 3.8) is 0 Å². The van der Waals surface area contributed by atoms with Crippen molar-refractivity contribution in [1.29, 1.82) is 0 Å². The van der Waals surface area contributed by atoms with E-state index < -0.39 is 0 Å². The van der Waals surface area contributed by atoms with Gasteiger partial charge in [0.2, 0.25) is 0 Å². The number of para-hydroxylation sites is 2. The molecule has 1 unspecified atom stereocenters. The Morgan fingerprint density at radius 2 is 1.82 bits per heavy atom. The molecule has 3 atom stereocenters. The molecule has 2 fully saturated rings. The average Bonchev–Trinajstić information content (AvgIpc) is 3.07. The van der Waals surface area contributed by atoms with E-state index in [4.69, 9.17) is 0 Å². The molecular weight excluding hydrogens is 350 g/mol. The van der Waals surface area contributed by atoms with Crippen LogP contribution in [-0.2, 0) is 0 Å². The number of hydrogen-bond donors (Lipinski definition) is 1. The maximum atomic E-state index is 12.6. The molecule has 1 saturated carbocycles. The number of nitrogens with one attached hydrogen (secondary N) is 1. The van der Waals surface area contributed by atoms with Gasteiger partial charge in [0.1, 0.15) is 6.33 Å². The molecule has 28 heavy (non-hydrogen) atoms. The predicted octanol–water partition coefficient (Wildman–Crippen LogP) is 3.30. The molecule has 2 aliphatic rings. The number of likely N-dealkylation sites (tertiary alicyclic amines) is 1. The number of carbonyl (C=O) groups is 1. The second kappa shape index (κ2) is 6.63. The van der Waals surface area contributed by atoms with E-state index in [1.54, 1.807) is 0 Å². The number of benzene rings is 2. The summed E-state index contributed by atoms with van der Waals surface area (Å²) in [5.74, 6) is 2.14. The van der Waals surface area contributed by atoms with Gasteiger partial charge in [-0.2, -0.15) is 0 Å². The predicted molar refractivity (Wildman–Crippen MR) is 111 cm³/mol. The molecule has 1 aliphatic carbocycles. The fourth-order valence-corrected chi connectivity index (χ4v) is 4.58. The van der Waals surface area contributed by atoms with Crippen LogP contribution < -0.4 is 5.32 Å². The van der Waals surface area contributed by atoms with Crippen LogP contribution in [0.2, 0.25) is 0 Å². The van der Waals surface area contributed by atoms with Crippen molar-refractivity contribution in [2.24, 2.45) is 17.8 Å². The highest BCUT2D eigenvalue weighted by Gasteiger charge is 2.56. The number of piperidine rings is 1. The summed E-state index contributed by atoms with van der Waals surface area (Å²) in [4.78, 5) is 21.2. The first kappa shape index (κ1) is 17.3. The van der Waals surface area contributed by atoms with Crippen LogP contribution in [0.1, 0.15) is 0 Å². The molecule has 1 saturated heterocycles. The highest BCUT2D eigenvalue weighted by atomic mass is 16.2. The first-order valence-electron chi connectivity index (χ1n) is 9.83. The zero-order chi connectivity index (χ0) is 19.3. The maximum absolute atomic E-state index is 12.6. The molecular formula is C22H25N5O. The largest absolute Gasteiger partial charge is 0.324 e. The minimum absolute atomic E-state index is 0.0108. The van der Waals surface area contributed by atoms with E-state index in [0.717, 1.165) is 48.0 Å². The Bertz CT molecular complexity index is 997. The van der Waals surface area contributed by atoms with Crippen molar-refractivity contribution in [3.8, 4) is 5.69 Å². The number of carbonyl (C=O) groups excluding carboxylic acids is 1.